The van der Waals surface area contributed by atoms with Crippen molar-refractivity contribution in [1.82, 2.24) is 4.31 Å². The summed E-state index contributed by atoms with van der Waals surface area (Å²) in [5.74, 6) is -0.689. The Labute approximate surface area is 191 Å². The highest BCUT2D eigenvalue weighted by Crippen LogP contribution is 2.36. The molecule has 8 nitrogen and oxygen atoms in total. The van der Waals surface area contributed by atoms with Crippen LogP contribution < -0.4 is 15.4 Å². The van der Waals surface area contributed by atoms with Crippen LogP contribution in [-0.2, 0) is 19.6 Å². The summed E-state index contributed by atoms with van der Waals surface area (Å²) in [4.78, 5) is 24.7. The number of fused-ring (bicyclic) bond motifs is 1. The number of sulfonamides is 1. The molecule has 2 atom stereocenters. The van der Waals surface area contributed by atoms with Crippen molar-refractivity contribution >= 4 is 44.8 Å². The quantitative estimate of drug-likeness (QED) is 0.702. The molecule has 1 saturated heterocycles. The predicted molar refractivity (Wildman–Crippen MR) is 121 cm³/mol. The second-order valence-corrected chi connectivity index (χ2v) is 10.4. The molecule has 2 amide bonds. The third kappa shape index (κ3) is 4.46. The average molecular weight is 478 g/mol. The number of hydrogen-bond acceptors (Lipinski definition) is 5. The molecule has 0 bridgehead atoms. The SMILES string of the molecule is Cc1cc2c(cc1S(=O)(=O)N1CCC[C@@H](C(=O)Nc3cccc(Cl)c3)C1)O[C@@H](C)C(=O)N2. The summed E-state index contributed by atoms with van der Waals surface area (Å²) in [6.45, 7) is 3.68. The van der Waals surface area contributed by atoms with Crippen LogP contribution in [0.4, 0.5) is 11.4 Å². The number of piperidine rings is 1. The van der Waals surface area contributed by atoms with E-state index in [0.717, 1.165) is 0 Å². The van der Waals surface area contributed by atoms with Crippen LogP contribution in [0.3, 0.4) is 0 Å². The lowest BCUT2D eigenvalue weighted by Crippen LogP contribution is -2.44. The molecule has 2 aliphatic heterocycles. The molecule has 0 saturated carbocycles. The van der Waals surface area contributed by atoms with Crippen molar-refractivity contribution in [2.75, 3.05) is 23.7 Å². The van der Waals surface area contributed by atoms with Crippen molar-refractivity contribution in [1.29, 1.82) is 0 Å². The third-order valence-corrected chi connectivity index (χ3v) is 7.92. The van der Waals surface area contributed by atoms with Crippen molar-refractivity contribution in [3.63, 3.8) is 0 Å². The molecule has 1 fully saturated rings. The normalized spacial score (nSPS) is 21.3. The summed E-state index contributed by atoms with van der Waals surface area (Å²) in [6, 6.07) is 9.87. The topological polar surface area (TPSA) is 105 Å². The molecule has 0 aromatic heterocycles. The minimum atomic E-state index is -3.86. The van der Waals surface area contributed by atoms with Gasteiger partial charge in [-0.05, 0) is 56.5 Å². The minimum Gasteiger partial charge on any atom is -0.479 e. The Hall–Kier alpha value is -2.62. The third-order valence-electron chi connectivity index (χ3n) is 5.67. The zero-order chi connectivity index (χ0) is 23.0. The number of hydrogen-bond donors (Lipinski definition) is 2. The number of benzene rings is 2. The number of nitrogens with one attached hydrogen (secondary N) is 2. The van der Waals surface area contributed by atoms with Gasteiger partial charge in [0.05, 0.1) is 16.5 Å². The van der Waals surface area contributed by atoms with Crippen LogP contribution >= 0.6 is 11.6 Å². The molecular formula is C22H24ClN3O5S. The summed E-state index contributed by atoms with van der Waals surface area (Å²) in [5, 5.41) is 6.05. The molecule has 2 N–H and O–H groups in total. The number of anilines is 2. The van der Waals surface area contributed by atoms with E-state index in [1.165, 1.54) is 10.4 Å². The van der Waals surface area contributed by atoms with Gasteiger partial charge in [-0.2, -0.15) is 4.31 Å². The Bertz CT molecular complexity index is 1180. The Morgan fingerprint density at radius 1 is 1.28 bits per heavy atom. The van der Waals surface area contributed by atoms with Gasteiger partial charge in [0.15, 0.2) is 6.10 Å². The summed E-state index contributed by atoms with van der Waals surface area (Å²) in [5.41, 5.74) is 1.51. The molecule has 10 heteroatoms. The summed E-state index contributed by atoms with van der Waals surface area (Å²) in [7, 11) is -3.86. The van der Waals surface area contributed by atoms with E-state index in [4.69, 9.17) is 16.3 Å². The molecular weight excluding hydrogens is 454 g/mol. The fourth-order valence-electron chi connectivity index (χ4n) is 3.95. The lowest BCUT2D eigenvalue weighted by atomic mass is 9.99. The van der Waals surface area contributed by atoms with Crippen LogP contribution in [0.15, 0.2) is 41.3 Å². The van der Waals surface area contributed by atoms with E-state index in [1.807, 2.05) is 0 Å². The molecule has 170 valence electrons. The molecule has 2 aromatic carbocycles. The van der Waals surface area contributed by atoms with Crippen molar-refractivity contribution in [3.8, 4) is 5.75 Å². The summed E-state index contributed by atoms with van der Waals surface area (Å²) >= 11 is 5.97. The second kappa shape index (κ2) is 8.73. The van der Waals surface area contributed by atoms with Gasteiger partial charge in [-0.15, -0.1) is 0 Å². The Balaban J connectivity index is 1.54. The van der Waals surface area contributed by atoms with Gasteiger partial charge in [-0.1, -0.05) is 17.7 Å². The molecule has 32 heavy (non-hydrogen) atoms. The van der Waals surface area contributed by atoms with Gasteiger partial charge in [-0.25, -0.2) is 8.42 Å². The Kier molecular flexibility index (Phi) is 6.15. The molecule has 2 aromatic rings. The first kappa shape index (κ1) is 22.6. The first-order valence-corrected chi connectivity index (χ1v) is 12.2. The number of carbonyl (C=O) groups excluding carboxylic acids is 2. The zero-order valence-electron chi connectivity index (χ0n) is 17.7. The van der Waals surface area contributed by atoms with Gasteiger partial charge in [0.25, 0.3) is 5.91 Å². The van der Waals surface area contributed by atoms with Crippen LogP contribution in [0.2, 0.25) is 5.02 Å². The average Bonchev–Trinajstić information content (AvgIpc) is 2.74. The monoisotopic (exact) mass is 477 g/mol. The molecule has 2 aliphatic rings. The zero-order valence-corrected chi connectivity index (χ0v) is 19.3. The van der Waals surface area contributed by atoms with Crippen LogP contribution in [-0.4, -0.2) is 43.7 Å². The maximum Gasteiger partial charge on any atom is 0.265 e. The number of halogens is 1. The predicted octanol–water partition coefficient (Wildman–Crippen LogP) is 3.41. The van der Waals surface area contributed by atoms with Gasteiger partial charge >= 0.3 is 0 Å². The van der Waals surface area contributed by atoms with E-state index in [0.29, 0.717) is 47.1 Å². The number of ether oxygens (including phenoxy) is 1. The lowest BCUT2D eigenvalue weighted by Gasteiger charge is -2.32. The Morgan fingerprint density at radius 3 is 2.81 bits per heavy atom. The number of carbonyl (C=O) groups is 2. The number of rotatable bonds is 4. The highest BCUT2D eigenvalue weighted by molar-refractivity contribution is 7.89. The van der Waals surface area contributed by atoms with Gasteiger partial charge in [0, 0.05) is 29.9 Å². The highest BCUT2D eigenvalue weighted by Gasteiger charge is 2.35. The first-order chi connectivity index (χ1) is 15.1. The summed E-state index contributed by atoms with van der Waals surface area (Å²) in [6.07, 6.45) is 0.449. The molecule has 0 aliphatic carbocycles. The molecule has 0 spiro atoms. The summed E-state index contributed by atoms with van der Waals surface area (Å²) < 4.78 is 33.8. The van der Waals surface area contributed by atoms with Crippen molar-refractivity contribution in [2.24, 2.45) is 5.92 Å². The standard InChI is InChI=1S/C22H24ClN3O5S/c1-13-9-18-19(31-14(2)21(27)25-18)11-20(13)32(29,30)26-8-4-5-15(12-26)22(28)24-17-7-3-6-16(23)10-17/h3,6-7,9-11,14-15H,4-5,8,12H2,1-2H3,(H,24,28)(H,25,27)/t14-,15+/m0/s1. The number of amides is 2. The van der Waals surface area contributed by atoms with Crippen molar-refractivity contribution in [2.45, 2.75) is 37.7 Å². The van der Waals surface area contributed by atoms with Gasteiger partial charge in [-0.3, -0.25) is 9.59 Å². The maximum atomic E-state index is 13.4. The van der Waals surface area contributed by atoms with Crippen molar-refractivity contribution in [3.05, 3.63) is 47.0 Å². The maximum absolute atomic E-state index is 13.4. The number of nitrogens with zero attached hydrogens (tertiary/aromatic N) is 1. The Morgan fingerprint density at radius 2 is 2.06 bits per heavy atom. The van der Waals surface area contributed by atoms with Crippen LogP contribution in [0, 0.1) is 12.8 Å². The fourth-order valence-corrected chi connectivity index (χ4v) is 5.88. The van der Waals surface area contributed by atoms with Crippen LogP contribution in [0.1, 0.15) is 25.3 Å². The highest BCUT2D eigenvalue weighted by atomic mass is 35.5. The molecule has 2 heterocycles. The smallest absolute Gasteiger partial charge is 0.265 e. The van der Waals surface area contributed by atoms with E-state index in [2.05, 4.69) is 10.6 Å². The van der Waals surface area contributed by atoms with E-state index >= 15 is 0 Å². The van der Waals surface area contributed by atoms with E-state index in [1.54, 1.807) is 44.2 Å². The number of aryl methyl sites for hydroxylation is 1. The molecule has 4 rings (SSSR count). The second-order valence-electron chi connectivity index (χ2n) is 8.06. The molecule has 0 radical (unpaired) electrons. The first-order valence-electron chi connectivity index (χ1n) is 10.3. The molecule has 0 unspecified atom stereocenters. The van der Waals surface area contributed by atoms with Gasteiger partial charge in [0.1, 0.15) is 5.75 Å². The van der Waals surface area contributed by atoms with Crippen LogP contribution in [0.5, 0.6) is 5.75 Å². The fraction of sp³-hybridized carbons (Fsp3) is 0.364. The van der Waals surface area contributed by atoms with E-state index in [9.17, 15) is 18.0 Å². The van der Waals surface area contributed by atoms with Crippen molar-refractivity contribution < 1.29 is 22.7 Å². The van der Waals surface area contributed by atoms with Crippen LogP contribution in [0.25, 0.3) is 0 Å². The lowest BCUT2D eigenvalue weighted by molar-refractivity contribution is -0.123. The van der Waals surface area contributed by atoms with E-state index in [-0.39, 0.29) is 23.3 Å². The largest absolute Gasteiger partial charge is 0.479 e. The van der Waals surface area contributed by atoms with Gasteiger partial charge < -0.3 is 15.4 Å². The van der Waals surface area contributed by atoms with Gasteiger partial charge in [0.2, 0.25) is 15.9 Å². The van der Waals surface area contributed by atoms with E-state index < -0.39 is 22.0 Å². The minimum absolute atomic E-state index is 0.0826.